The van der Waals surface area contributed by atoms with E-state index < -0.39 is 17.7 Å². The number of hydrogen-bond acceptors (Lipinski definition) is 6. The van der Waals surface area contributed by atoms with Crippen LogP contribution in [0.2, 0.25) is 0 Å². The molecule has 1 saturated carbocycles. The number of ether oxygens (including phenoxy) is 1. The summed E-state index contributed by atoms with van der Waals surface area (Å²) in [6.07, 6.45) is 5.04. The molecule has 222 valence electrons. The molecule has 1 aliphatic carbocycles. The molecule has 3 aromatic heterocycles. The van der Waals surface area contributed by atoms with E-state index in [1.54, 1.807) is 36.5 Å². The first-order valence-electron chi connectivity index (χ1n) is 13.7. The Hall–Kier alpha value is -5.00. The number of amides is 1. The van der Waals surface area contributed by atoms with Crippen molar-refractivity contribution in [3.63, 3.8) is 0 Å². The van der Waals surface area contributed by atoms with Gasteiger partial charge in [-0.25, -0.2) is 19.4 Å². The highest BCUT2D eigenvalue weighted by molar-refractivity contribution is 5.94. The van der Waals surface area contributed by atoms with E-state index in [0.29, 0.717) is 29.1 Å². The van der Waals surface area contributed by atoms with Gasteiger partial charge in [-0.3, -0.25) is 4.79 Å². The Labute approximate surface area is 245 Å². The van der Waals surface area contributed by atoms with Crippen molar-refractivity contribution in [1.29, 1.82) is 0 Å². The summed E-state index contributed by atoms with van der Waals surface area (Å²) in [5, 5.41) is 16.5. The highest BCUT2D eigenvalue weighted by Crippen LogP contribution is 2.31. The fraction of sp³-hybridized carbons (Fsp3) is 0.258. The van der Waals surface area contributed by atoms with Crippen LogP contribution >= 0.6 is 0 Å². The number of aromatic carboxylic acids is 1. The Kier molecular flexibility index (Phi) is 8.56. The van der Waals surface area contributed by atoms with Crippen LogP contribution < -0.4 is 10.1 Å². The Bertz CT molecular complexity index is 1640. The first-order chi connectivity index (χ1) is 20.6. The van der Waals surface area contributed by atoms with E-state index in [9.17, 15) is 27.9 Å². The third kappa shape index (κ3) is 7.26. The van der Waals surface area contributed by atoms with E-state index in [-0.39, 0.29) is 23.5 Å². The molecule has 0 bridgehead atoms. The van der Waals surface area contributed by atoms with Crippen molar-refractivity contribution < 1.29 is 32.6 Å². The maximum absolute atomic E-state index is 12.8. The van der Waals surface area contributed by atoms with Crippen molar-refractivity contribution in [3.05, 3.63) is 101 Å². The van der Waals surface area contributed by atoms with Gasteiger partial charge in [-0.2, -0.15) is 18.3 Å². The second-order valence-corrected chi connectivity index (χ2v) is 10.1. The van der Waals surface area contributed by atoms with Crippen molar-refractivity contribution in [2.24, 2.45) is 0 Å². The molecule has 43 heavy (non-hydrogen) atoms. The lowest BCUT2D eigenvalue weighted by Gasteiger charge is -2.25. The van der Waals surface area contributed by atoms with Gasteiger partial charge in [0.05, 0.1) is 11.1 Å². The summed E-state index contributed by atoms with van der Waals surface area (Å²) in [6.45, 7) is 1.85. The number of rotatable bonds is 8. The molecule has 4 aromatic rings. The molecular weight excluding hydrogens is 563 g/mol. The van der Waals surface area contributed by atoms with E-state index in [2.05, 4.69) is 26.5 Å². The molecule has 3 heterocycles. The van der Waals surface area contributed by atoms with Crippen molar-refractivity contribution in [2.45, 2.75) is 51.2 Å². The Morgan fingerprint density at radius 2 is 1.88 bits per heavy atom. The number of allylic oxidation sites excluding steroid dienone is 1. The number of alkyl halides is 3. The maximum atomic E-state index is 12.8. The quantitative estimate of drug-likeness (QED) is 0.240. The summed E-state index contributed by atoms with van der Waals surface area (Å²) in [5.41, 5.74) is 2.24. The summed E-state index contributed by atoms with van der Waals surface area (Å²) >= 11 is 0. The molecule has 0 radical (unpaired) electrons. The predicted octanol–water partition coefficient (Wildman–Crippen LogP) is 6.49. The summed E-state index contributed by atoms with van der Waals surface area (Å²) in [6, 6.07) is 12.6. The molecule has 2 N–H and O–H groups in total. The minimum atomic E-state index is -4.46. The average Bonchev–Trinajstić information content (AvgIpc) is 3.43. The third-order valence-corrected chi connectivity index (χ3v) is 7.10. The monoisotopic (exact) mass is 591 g/mol. The molecule has 0 unspecified atom stereocenters. The molecule has 0 spiro atoms. The molecule has 5 rings (SSSR count). The van der Waals surface area contributed by atoms with Crippen LogP contribution in [-0.2, 0) is 12.6 Å². The van der Waals surface area contributed by atoms with Gasteiger partial charge in [0.2, 0.25) is 5.88 Å². The molecule has 1 aliphatic rings. The van der Waals surface area contributed by atoms with E-state index in [4.69, 9.17) is 4.74 Å². The van der Waals surface area contributed by atoms with Crippen molar-refractivity contribution in [2.75, 3.05) is 0 Å². The fourth-order valence-corrected chi connectivity index (χ4v) is 4.80. The molecular formula is C31H28F3N5O4. The second-order valence-electron chi connectivity index (χ2n) is 10.1. The minimum absolute atomic E-state index is 0.00101. The van der Waals surface area contributed by atoms with Crippen molar-refractivity contribution in [1.82, 2.24) is 25.1 Å². The zero-order chi connectivity index (χ0) is 30.6. The fourth-order valence-electron chi connectivity index (χ4n) is 4.80. The highest BCUT2D eigenvalue weighted by Gasteiger charge is 2.30. The molecule has 1 fully saturated rings. The van der Waals surface area contributed by atoms with Gasteiger partial charge < -0.3 is 15.2 Å². The van der Waals surface area contributed by atoms with Gasteiger partial charge >= 0.3 is 12.1 Å². The van der Waals surface area contributed by atoms with Gasteiger partial charge in [0, 0.05) is 36.3 Å². The van der Waals surface area contributed by atoms with Crippen LogP contribution in [0.5, 0.6) is 11.6 Å². The predicted molar refractivity (Wildman–Crippen MR) is 151 cm³/mol. The number of nitrogens with zero attached hydrogens (tertiary/aromatic N) is 4. The van der Waals surface area contributed by atoms with Gasteiger partial charge in [0.1, 0.15) is 5.75 Å². The van der Waals surface area contributed by atoms with Crippen LogP contribution in [0.3, 0.4) is 0 Å². The number of carboxylic acids is 1. The van der Waals surface area contributed by atoms with E-state index in [1.165, 1.54) is 22.5 Å². The number of hydrogen-bond donors (Lipinski definition) is 2. The number of nitrogens with one attached hydrogen (secondary N) is 1. The number of carboxylic acid groups (broad SMARTS) is 1. The van der Waals surface area contributed by atoms with Crippen LogP contribution in [0.25, 0.3) is 11.9 Å². The summed E-state index contributed by atoms with van der Waals surface area (Å²) in [5.74, 6) is -0.398. The maximum Gasteiger partial charge on any atom is 0.417 e. The second kappa shape index (κ2) is 12.5. The average molecular weight is 592 g/mol. The van der Waals surface area contributed by atoms with Gasteiger partial charge in [-0.1, -0.05) is 30.7 Å². The SMILES string of the molecule is CCc1cn(-c2ccc(C(=O)NC3CCC(=Cc4cccc(Oc5ccc(C(F)(F)F)cn5)c4)CC3)cn2)nc1C(=O)O. The largest absolute Gasteiger partial charge is 0.476 e. The number of halogens is 3. The Morgan fingerprint density at radius 3 is 2.49 bits per heavy atom. The van der Waals surface area contributed by atoms with Crippen LogP contribution in [-0.4, -0.2) is 42.8 Å². The molecule has 1 amide bonds. The summed E-state index contributed by atoms with van der Waals surface area (Å²) < 4.78 is 45.3. The smallest absolute Gasteiger partial charge is 0.417 e. The number of carbonyl (C=O) groups is 2. The van der Waals surface area contributed by atoms with Crippen molar-refractivity contribution >= 4 is 18.0 Å². The zero-order valence-corrected chi connectivity index (χ0v) is 23.1. The zero-order valence-electron chi connectivity index (χ0n) is 23.1. The molecule has 12 heteroatoms. The summed E-state index contributed by atoms with van der Waals surface area (Å²) in [4.78, 5) is 32.3. The lowest BCUT2D eigenvalue weighted by atomic mass is 9.89. The Morgan fingerprint density at radius 1 is 1.09 bits per heavy atom. The van der Waals surface area contributed by atoms with Gasteiger partial charge in [0.15, 0.2) is 11.5 Å². The molecule has 1 aromatic carbocycles. The lowest BCUT2D eigenvalue weighted by Crippen LogP contribution is -2.36. The van der Waals surface area contributed by atoms with Crippen molar-refractivity contribution in [3.8, 4) is 17.4 Å². The number of benzene rings is 1. The third-order valence-electron chi connectivity index (χ3n) is 7.10. The highest BCUT2D eigenvalue weighted by atomic mass is 19.4. The first kappa shape index (κ1) is 29.5. The van der Waals surface area contributed by atoms with Crippen LogP contribution in [0, 0.1) is 0 Å². The van der Waals surface area contributed by atoms with Gasteiger partial charge in [0.25, 0.3) is 5.91 Å². The molecule has 0 aliphatic heterocycles. The van der Waals surface area contributed by atoms with E-state index >= 15 is 0 Å². The summed E-state index contributed by atoms with van der Waals surface area (Å²) in [7, 11) is 0. The van der Waals surface area contributed by atoms with Gasteiger partial charge in [-0.15, -0.1) is 0 Å². The van der Waals surface area contributed by atoms with E-state index in [0.717, 1.165) is 43.5 Å². The Balaban J connectivity index is 1.14. The van der Waals surface area contributed by atoms with E-state index in [1.807, 2.05) is 13.0 Å². The van der Waals surface area contributed by atoms with Crippen LogP contribution in [0.4, 0.5) is 13.2 Å². The number of aryl methyl sites for hydroxylation is 1. The topological polar surface area (TPSA) is 119 Å². The first-order valence-corrected chi connectivity index (χ1v) is 13.7. The minimum Gasteiger partial charge on any atom is -0.476 e. The standard InChI is InChI=1S/C31H28F3N5O4/c1-2-21-18-39(38-28(21)30(41)42)26-12-8-22(16-35-26)29(40)37-24-10-6-19(7-11-24)14-20-4-3-5-25(15-20)43-27-13-9-23(17-36-27)31(32,33)34/h3-5,8-9,12-18,24H,2,6-7,10-11H2,1H3,(H,37,40)(H,41,42). The normalized spacial score (nSPS) is 15.2. The molecule has 9 nitrogen and oxygen atoms in total. The lowest BCUT2D eigenvalue weighted by molar-refractivity contribution is -0.137. The number of carbonyl (C=O) groups excluding carboxylic acids is 1. The molecule has 0 saturated heterocycles. The molecule has 0 atom stereocenters. The van der Waals surface area contributed by atoms with Gasteiger partial charge in [-0.05, 0) is 68.0 Å². The van der Waals surface area contributed by atoms with Crippen LogP contribution in [0.15, 0.2) is 72.7 Å². The number of aromatic nitrogens is 4. The number of pyridine rings is 2. The van der Waals surface area contributed by atoms with Crippen LogP contribution in [0.1, 0.15) is 70.1 Å².